The minimum absolute atomic E-state index is 0.0834. The number of fused-ring (bicyclic) bond motifs is 2. The van der Waals surface area contributed by atoms with Crippen LogP contribution in [0.1, 0.15) is 12.8 Å². The van der Waals surface area contributed by atoms with E-state index in [0.29, 0.717) is 6.42 Å². The Morgan fingerprint density at radius 3 is 2.21 bits per heavy atom. The summed E-state index contributed by atoms with van der Waals surface area (Å²) < 4.78 is 0. The predicted octanol–water partition coefficient (Wildman–Crippen LogP) is -0.00310. The van der Waals surface area contributed by atoms with Crippen LogP contribution < -0.4 is 0 Å². The third-order valence-electron chi connectivity index (χ3n) is 3.33. The third kappa shape index (κ3) is 1.05. The maximum Gasteiger partial charge on any atom is 0.308 e. The van der Waals surface area contributed by atoms with Gasteiger partial charge in [-0.25, -0.2) is 0 Å². The van der Waals surface area contributed by atoms with E-state index < -0.39 is 29.7 Å². The highest BCUT2D eigenvalue weighted by Crippen LogP contribution is 2.50. The van der Waals surface area contributed by atoms with Gasteiger partial charge >= 0.3 is 11.9 Å². The van der Waals surface area contributed by atoms with Gasteiger partial charge in [-0.2, -0.15) is 0 Å². The second-order valence-electron chi connectivity index (χ2n) is 4.00. The van der Waals surface area contributed by atoms with E-state index in [1.807, 2.05) is 0 Å². The highest BCUT2D eigenvalue weighted by molar-refractivity contribution is 5.94. The van der Waals surface area contributed by atoms with Crippen molar-refractivity contribution in [1.82, 2.24) is 0 Å². The van der Waals surface area contributed by atoms with E-state index in [2.05, 4.69) is 0 Å². The fourth-order valence-corrected chi connectivity index (χ4v) is 2.80. The molecule has 0 radical (unpaired) electrons. The van der Waals surface area contributed by atoms with Gasteiger partial charge in [-0.15, -0.1) is 0 Å². The Kier molecular flexibility index (Phi) is 1.83. The molecular weight excluding hydrogens is 188 g/mol. The van der Waals surface area contributed by atoms with Gasteiger partial charge in [0.2, 0.25) is 0 Å². The molecule has 14 heavy (non-hydrogen) atoms. The number of carboxylic acid groups (broad SMARTS) is 2. The molecule has 4 atom stereocenters. The summed E-state index contributed by atoms with van der Waals surface area (Å²) in [6.45, 7) is 0. The zero-order valence-corrected chi connectivity index (χ0v) is 7.34. The second-order valence-corrected chi connectivity index (χ2v) is 4.00. The first-order valence-corrected chi connectivity index (χ1v) is 4.50. The van der Waals surface area contributed by atoms with Gasteiger partial charge < -0.3 is 10.2 Å². The predicted molar refractivity (Wildman–Crippen MR) is 43.5 cm³/mol. The van der Waals surface area contributed by atoms with Crippen molar-refractivity contribution in [3.63, 3.8) is 0 Å². The molecule has 0 spiro atoms. The highest BCUT2D eigenvalue weighted by Gasteiger charge is 2.58. The molecule has 2 saturated carbocycles. The molecule has 0 heterocycles. The van der Waals surface area contributed by atoms with Gasteiger partial charge in [0.1, 0.15) is 5.78 Å². The lowest BCUT2D eigenvalue weighted by Gasteiger charge is -2.23. The summed E-state index contributed by atoms with van der Waals surface area (Å²) in [7, 11) is 0. The normalized spacial score (nSPS) is 40.1. The molecule has 2 aliphatic rings. The molecule has 2 rings (SSSR count). The van der Waals surface area contributed by atoms with Gasteiger partial charge in [0.15, 0.2) is 0 Å². The van der Waals surface area contributed by atoms with E-state index in [1.165, 1.54) is 0 Å². The number of carbonyl (C=O) groups is 3. The van der Waals surface area contributed by atoms with Gasteiger partial charge in [-0.1, -0.05) is 0 Å². The average molecular weight is 198 g/mol. The molecule has 76 valence electrons. The lowest BCUT2D eigenvalue weighted by Crippen LogP contribution is -2.38. The molecule has 2 fully saturated rings. The molecule has 2 N–H and O–H groups in total. The molecule has 2 bridgehead atoms. The second kappa shape index (κ2) is 2.80. The Morgan fingerprint density at radius 1 is 1.14 bits per heavy atom. The van der Waals surface area contributed by atoms with Crippen LogP contribution in [-0.2, 0) is 14.4 Å². The van der Waals surface area contributed by atoms with Crippen LogP contribution in [0.3, 0.4) is 0 Å². The zero-order chi connectivity index (χ0) is 10.5. The molecule has 0 aromatic rings. The molecule has 0 aliphatic heterocycles. The first-order valence-electron chi connectivity index (χ1n) is 4.50. The number of Topliss-reactive ketones (excluding diaryl/α,β-unsaturated/α-hetero) is 1. The van der Waals surface area contributed by atoms with Gasteiger partial charge in [-0.3, -0.25) is 14.4 Å². The van der Waals surface area contributed by atoms with E-state index in [-0.39, 0.29) is 18.1 Å². The SMILES string of the molecule is O=C(O)[C@@H]1[C@H]2CC(=O)[C@@H](C2)[C@@H]1C(=O)O. The summed E-state index contributed by atoms with van der Waals surface area (Å²) >= 11 is 0. The Morgan fingerprint density at radius 2 is 1.71 bits per heavy atom. The topological polar surface area (TPSA) is 91.7 Å². The van der Waals surface area contributed by atoms with Gasteiger partial charge in [0.25, 0.3) is 0 Å². The van der Waals surface area contributed by atoms with E-state index in [9.17, 15) is 14.4 Å². The zero-order valence-electron chi connectivity index (χ0n) is 7.34. The van der Waals surface area contributed by atoms with Crippen LogP contribution >= 0.6 is 0 Å². The Bertz CT molecular complexity index is 321. The minimum atomic E-state index is -1.15. The van der Waals surface area contributed by atoms with Crippen LogP contribution in [-0.4, -0.2) is 27.9 Å². The molecular formula is C9H10O5. The van der Waals surface area contributed by atoms with Crippen molar-refractivity contribution in [2.75, 3.05) is 0 Å². The van der Waals surface area contributed by atoms with Crippen LogP contribution in [0.15, 0.2) is 0 Å². The van der Waals surface area contributed by atoms with Crippen molar-refractivity contribution in [2.45, 2.75) is 12.8 Å². The summed E-state index contributed by atoms with van der Waals surface area (Å²) in [5.41, 5.74) is 0. The Labute approximate surface area is 79.7 Å². The van der Waals surface area contributed by atoms with Crippen molar-refractivity contribution in [3.05, 3.63) is 0 Å². The number of carbonyl (C=O) groups excluding carboxylic acids is 1. The summed E-state index contributed by atoms with van der Waals surface area (Å²) in [6, 6.07) is 0. The van der Waals surface area contributed by atoms with Crippen LogP contribution in [0, 0.1) is 23.7 Å². The maximum absolute atomic E-state index is 11.3. The number of aliphatic carboxylic acids is 2. The number of rotatable bonds is 2. The summed E-state index contributed by atoms with van der Waals surface area (Å²) in [6.07, 6.45) is 0.679. The standard InChI is InChI=1S/C9H10O5/c10-5-2-3-1-4(5)7(9(13)14)6(3)8(11)12/h3-4,6-7H,1-2H2,(H,11,12)(H,13,14)/t3-,4-,6-,7+/m1/s1. The van der Waals surface area contributed by atoms with E-state index >= 15 is 0 Å². The van der Waals surface area contributed by atoms with Crippen LogP contribution in [0.5, 0.6) is 0 Å². The molecule has 5 nitrogen and oxygen atoms in total. The van der Waals surface area contributed by atoms with Crippen LogP contribution in [0.4, 0.5) is 0 Å². The van der Waals surface area contributed by atoms with E-state index in [4.69, 9.17) is 10.2 Å². The number of carboxylic acids is 2. The third-order valence-corrected chi connectivity index (χ3v) is 3.33. The van der Waals surface area contributed by atoms with E-state index in [0.717, 1.165) is 0 Å². The minimum Gasteiger partial charge on any atom is -0.481 e. The lowest BCUT2D eigenvalue weighted by atomic mass is 9.79. The molecule has 0 aromatic carbocycles. The quantitative estimate of drug-likeness (QED) is 0.651. The largest absolute Gasteiger partial charge is 0.481 e. The summed E-state index contributed by atoms with van der Waals surface area (Å²) in [4.78, 5) is 32.9. The fourth-order valence-electron chi connectivity index (χ4n) is 2.80. The number of hydrogen-bond donors (Lipinski definition) is 2. The maximum atomic E-state index is 11.3. The molecule has 0 amide bonds. The molecule has 0 aromatic heterocycles. The molecule has 0 saturated heterocycles. The van der Waals surface area contributed by atoms with Gasteiger partial charge in [0.05, 0.1) is 11.8 Å². The van der Waals surface area contributed by atoms with Crippen molar-refractivity contribution in [2.24, 2.45) is 23.7 Å². The van der Waals surface area contributed by atoms with Crippen LogP contribution in [0.2, 0.25) is 0 Å². The summed E-state index contributed by atoms with van der Waals surface area (Å²) in [5.74, 6) is -5.01. The van der Waals surface area contributed by atoms with Crippen LogP contribution in [0.25, 0.3) is 0 Å². The monoisotopic (exact) mass is 198 g/mol. The molecule has 2 aliphatic carbocycles. The summed E-state index contributed by atoms with van der Waals surface area (Å²) in [5, 5.41) is 17.7. The first-order chi connectivity index (χ1) is 6.52. The van der Waals surface area contributed by atoms with E-state index in [1.54, 1.807) is 0 Å². The average Bonchev–Trinajstić information content (AvgIpc) is 2.58. The Balaban J connectivity index is 2.32. The number of hydrogen-bond acceptors (Lipinski definition) is 3. The number of ketones is 1. The highest BCUT2D eigenvalue weighted by atomic mass is 16.4. The van der Waals surface area contributed by atoms with Gasteiger partial charge in [0, 0.05) is 12.3 Å². The van der Waals surface area contributed by atoms with Crippen molar-refractivity contribution in [1.29, 1.82) is 0 Å². The molecule has 5 heteroatoms. The Hall–Kier alpha value is -1.39. The van der Waals surface area contributed by atoms with Crippen molar-refractivity contribution in [3.8, 4) is 0 Å². The molecule has 0 unspecified atom stereocenters. The van der Waals surface area contributed by atoms with Crippen molar-refractivity contribution >= 4 is 17.7 Å². The fraction of sp³-hybridized carbons (Fsp3) is 0.667. The van der Waals surface area contributed by atoms with Gasteiger partial charge in [-0.05, 0) is 12.3 Å². The lowest BCUT2D eigenvalue weighted by molar-refractivity contribution is -0.158. The smallest absolute Gasteiger partial charge is 0.308 e. The first kappa shape index (κ1) is 9.18. The van der Waals surface area contributed by atoms with Crippen molar-refractivity contribution < 1.29 is 24.6 Å².